The highest BCUT2D eigenvalue weighted by molar-refractivity contribution is 5.96. The second kappa shape index (κ2) is 8.30. The second-order valence-corrected chi connectivity index (χ2v) is 7.09. The Morgan fingerprint density at radius 1 is 1.17 bits per heavy atom. The van der Waals surface area contributed by atoms with Crippen LogP contribution in [0.4, 0.5) is 16.3 Å². The lowest BCUT2D eigenvalue weighted by molar-refractivity contribution is 0.101. The van der Waals surface area contributed by atoms with Crippen molar-refractivity contribution in [2.24, 2.45) is 0 Å². The van der Waals surface area contributed by atoms with Gasteiger partial charge >= 0.3 is 6.03 Å². The average Bonchev–Trinajstić information content (AvgIpc) is 3.00. The minimum Gasteiger partial charge on any atom is -0.382 e. The zero-order valence-corrected chi connectivity index (χ0v) is 17.2. The van der Waals surface area contributed by atoms with Crippen molar-refractivity contribution in [3.8, 4) is 0 Å². The number of nitrogens with zero attached hydrogens (tertiary/aromatic N) is 3. The van der Waals surface area contributed by atoms with Crippen LogP contribution in [0, 0.1) is 20.8 Å². The molecule has 1 aromatic carbocycles. The number of imidazole rings is 1. The van der Waals surface area contributed by atoms with Crippen molar-refractivity contribution < 1.29 is 9.59 Å². The van der Waals surface area contributed by atoms with Crippen LogP contribution >= 0.6 is 0 Å². The molecule has 0 bridgehead atoms. The molecule has 3 rings (SSSR count). The third kappa shape index (κ3) is 4.37. The summed E-state index contributed by atoms with van der Waals surface area (Å²) in [7, 11) is 0. The van der Waals surface area contributed by atoms with Crippen molar-refractivity contribution >= 4 is 34.4 Å². The van der Waals surface area contributed by atoms with Gasteiger partial charge in [0, 0.05) is 30.0 Å². The standard InChI is InChI=1S/C21H26N6O2/c1-12-13(2)24-20(22)18-19(12)27(15(4)25-18)10-6-9-23-21(29)26-17-8-5-7-16(11-17)14(3)28/h5,7-8,11H,6,9-10H2,1-4H3,(H2,22,24)(H2,23,26,29). The number of nitrogens with one attached hydrogen (secondary N) is 2. The first-order chi connectivity index (χ1) is 13.8. The summed E-state index contributed by atoms with van der Waals surface area (Å²) in [5.74, 6) is 1.27. The third-order valence-corrected chi connectivity index (χ3v) is 4.96. The largest absolute Gasteiger partial charge is 0.382 e. The number of urea groups is 1. The van der Waals surface area contributed by atoms with Crippen LogP contribution in [0.5, 0.6) is 0 Å². The number of nitrogen functional groups attached to an aromatic ring is 1. The summed E-state index contributed by atoms with van der Waals surface area (Å²) in [5.41, 5.74) is 10.8. The number of hydrogen-bond donors (Lipinski definition) is 3. The Morgan fingerprint density at radius 3 is 2.66 bits per heavy atom. The van der Waals surface area contributed by atoms with E-state index in [4.69, 9.17) is 5.73 Å². The highest BCUT2D eigenvalue weighted by Crippen LogP contribution is 2.25. The molecular weight excluding hydrogens is 368 g/mol. The molecule has 0 saturated carbocycles. The van der Waals surface area contributed by atoms with E-state index in [9.17, 15) is 9.59 Å². The van der Waals surface area contributed by atoms with Gasteiger partial charge in [-0.15, -0.1) is 0 Å². The number of pyridine rings is 1. The maximum absolute atomic E-state index is 12.1. The summed E-state index contributed by atoms with van der Waals surface area (Å²) >= 11 is 0. The Balaban J connectivity index is 1.60. The van der Waals surface area contributed by atoms with Crippen LogP contribution in [0.25, 0.3) is 11.0 Å². The summed E-state index contributed by atoms with van der Waals surface area (Å²) in [5, 5.41) is 5.59. The molecule has 3 aromatic rings. The van der Waals surface area contributed by atoms with E-state index in [-0.39, 0.29) is 11.8 Å². The minimum atomic E-state index is -0.307. The van der Waals surface area contributed by atoms with Gasteiger partial charge in [-0.25, -0.2) is 14.8 Å². The molecule has 0 radical (unpaired) electrons. The molecule has 2 aromatic heterocycles. The Labute approximate surface area is 169 Å². The molecule has 2 amide bonds. The molecule has 0 fully saturated rings. The molecule has 4 N–H and O–H groups in total. The van der Waals surface area contributed by atoms with Crippen LogP contribution in [0.2, 0.25) is 0 Å². The summed E-state index contributed by atoms with van der Waals surface area (Å²) in [6.07, 6.45) is 0.730. The number of ketones is 1. The Kier molecular flexibility index (Phi) is 5.81. The SMILES string of the molecule is CC(=O)c1cccc(NC(=O)NCCCn2c(C)nc3c(N)nc(C)c(C)c32)c1. The van der Waals surface area contributed by atoms with Gasteiger partial charge in [0.15, 0.2) is 11.6 Å². The highest BCUT2D eigenvalue weighted by atomic mass is 16.2. The van der Waals surface area contributed by atoms with Crippen molar-refractivity contribution in [3.05, 3.63) is 46.9 Å². The molecule has 0 aliphatic heterocycles. The van der Waals surface area contributed by atoms with E-state index < -0.39 is 0 Å². The minimum absolute atomic E-state index is 0.0432. The number of fused-ring (bicyclic) bond motifs is 1. The van der Waals surface area contributed by atoms with E-state index in [1.165, 1.54) is 6.92 Å². The van der Waals surface area contributed by atoms with Crippen molar-refractivity contribution in [2.75, 3.05) is 17.6 Å². The Hall–Kier alpha value is -3.42. The number of aryl methyl sites for hydroxylation is 4. The monoisotopic (exact) mass is 394 g/mol. The van der Waals surface area contributed by atoms with E-state index in [1.54, 1.807) is 24.3 Å². The normalized spacial score (nSPS) is 10.9. The van der Waals surface area contributed by atoms with Crippen molar-refractivity contribution in [3.63, 3.8) is 0 Å². The van der Waals surface area contributed by atoms with Gasteiger partial charge < -0.3 is 20.9 Å². The number of carbonyl (C=O) groups excluding carboxylic acids is 2. The summed E-state index contributed by atoms with van der Waals surface area (Å²) in [6.45, 7) is 8.58. The summed E-state index contributed by atoms with van der Waals surface area (Å²) < 4.78 is 2.12. The summed E-state index contributed by atoms with van der Waals surface area (Å²) in [6, 6.07) is 6.56. The van der Waals surface area contributed by atoms with Crippen molar-refractivity contribution in [1.82, 2.24) is 19.9 Å². The van der Waals surface area contributed by atoms with Crippen molar-refractivity contribution in [2.45, 2.75) is 40.7 Å². The van der Waals surface area contributed by atoms with Crippen LogP contribution in [0.15, 0.2) is 24.3 Å². The van der Waals surface area contributed by atoms with Gasteiger partial charge in [-0.05, 0) is 51.8 Å². The maximum atomic E-state index is 12.1. The molecule has 8 nitrogen and oxygen atoms in total. The van der Waals surface area contributed by atoms with Gasteiger partial charge in [0.25, 0.3) is 0 Å². The fourth-order valence-corrected chi connectivity index (χ4v) is 3.32. The predicted molar refractivity (Wildman–Crippen MR) is 114 cm³/mol. The van der Waals surface area contributed by atoms with Gasteiger partial charge in [-0.3, -0.25) is 4.79 Å². The Morgan fingerprint density at radius 2 is 1.93 bits per heavy atom. The van der Waals surface area contributed by atoms with Crippen molar-refractivity contribution in [1.29, 1.82) is 0 Å². The number of hydrogen-bond acceptors (Lipinski definition) is 5. The molecule has 0 unspecified atom stereocenters. The van der Waals surface area contributed by atoms with Gasteiger partial charge in [0.1, 0.15) is 11.3 Å². The van der Waals surface area contributed by atoms with Gasteiger partial charge in [-0.1, -0.05) is 12.1 Å². The Bertz CT molecular complexity index is 1090. The number of rotatable bonds is 6. The van der Waals surface area contributed by atoms with Gasteiger partial charge in [0.05, 0.1) is 5.52 Å². The fourth-order valence-electron chi connectivity index (χ4n) is 3.32. The van der Waals surface area contributed by atoms with Gasteiger partial charge in [-0.2, -0.15) is 0 Å². The lowest BCUT2D eigenvalue weighted by Gasteiger charge is -2.11. The first kappa shape index (κ1) is 20.3. The number of aromatic nitrogens is 3. The molecule has 29 heavy (non-hydrogen) atoms. The van der Waals surface area contributed by atoms with Crippen LogP contribution in [-0.2, 0) is 6.54 Å². The maximum Gasteiger partial charge on any atom is 0.319 e. The molecule has 0 aliphatic rings. The first-order valence-electron chi connectivity index (χ1n) is 9.53. The smallest absolute Gasteiger partial charge is 0.319 e. The van der Waals surface area contributed by atoms with E-state index in [0.717, 1.165) is 34.5 Å². The third-order valence-electron chi connectivity index (χ3n) is 4.96. The average molecular weight is 394 g/mol. The van der Waals surface area contributed by atoms with Gasteiger partial charge in [0.2, 0.25) is 0 Å². The zero-order chi connectivity index (χ0) is 21.1. The fraction of sp³-hybridized carbons (Fsp3) is 0.333. The molecule has 0 atom stereocenters. The lowest BCUT2D eigenvalue weighted by Crippen LogP contribution is -2.30. The van der Waals surface area contributed by atoms with Crippen LogP contribution in [0.1, 0.15) is 40.8 Å². The molecule has 8 heteroatoms. The molecule has 152 valence electrons. The van der Waals surface area contributed by atoms with E-state index >= 15 is 0 Å². The second-order valence-electron chi connectivity index (χ2n) is 7.09. The topological polar surface area (TPSA) is 115 Å². The van der Waals surface area contributed by atoms with Crippen LogP contribution in [-0.4, -0.2) is 32.9 Å². The lowest BCUT2D eigenvalue weighted by atomic mass is 10.1. The predicted octanol–water partition coefficient (Wildman–Crippen LogP) is 3.35. The number of carbonyl (C=O) groups is 2. The first-order valence-corrected chi connectivity index (χ1v) is 9.53. The number of Topliss-reactive ketones (excluding diaryl/α,β-unsaturated/α-hetero) is 1. The summed E-state index contributed by atoms with van der Waals surface area (Å²) in [4.78, 5) is 32.5. The van der Waals surface area contributed by atoms with Crippen LogP contribution in [0.3, 0.4) is 0 Å². The number of anilines is 2. The zero-order valence-electron chi connectivity index (χ0n) is 17.2. The number of benzene rings is 1. The number of amides is 2. The highest BCUT2D eigenvalue weighted by Gasteiger charge is 2.15. The molecule has 0 aliphatic carbocycles. The van der Waals surface area contributed by atoms with Crippen LogP contribution < -0.4 is 16.4 Å². The quantitative estimate of drug-likeness (QED) is 0.438. The van der Waals surface area contributed by atoms with E-state index in [2.05, 4.69) is 25.2 Å². The van der Waals surface area contributed by atoms with E-state index in [0.29, 0.717) is 30.2 Å². The van der Waals surface area contributed by atoms with E-state index in [1.807, 2.05) is 20.8 Å². The molecular formula is C21H26N6O2. The molecule has 2 heterocycles. The number of nitrogens with two attached hydrogens (primary N) is 1. The molecule has 0 saturated heterocycles. The molecule has 0 spiro atoms.